The van der Waals surface area contributed by atoms with Crippen LogP contribution in [0.2, 0.25) is 5.02 Å². The maximum absolute atomic E-state index is 5.87. The number of aryl methyl sites for hydroxylation is 1. The summed E-state index contributed by atoms with van der Waals surface area (Å²) in [7, 11) is 0. The zero-order chi connectivity index (χ0) is 16.1. The van der Waals surface area contributed by atoms with Gasteiger partial charge >= 0.3 is 0 Å². The van der Waals surface area contributed by atoms with Gasteiger partial charge in [-0.05, 0) is 36.8 Å². The summed E-state index contributed by atoms with van der Waals surface area (Å²) in [5.41, 5.74) is 3.10. The average Bonchev–Trinajstić information content (AvgIpc) is 3.03. The molecule has 0 amide bonds. The Morgan fingerprint density at radius 3 is 2.61 bits per heavy atom. The monoisotopic (exact) mass is 326 g/mol. The molecule has 0 fully saturated rings. The lowest BCUT2D eigenvalue weighted by Gasteiger charge is -1.97. The Hall–Kier alpha value is -2.59. The molecule has 116 valence electrons. The molecule has 3 aromatic rings. The molecular weight excluding hydrogens is 312 g/mol. The number of rotatable bonds is 5. The van der Waals surface area contributed by atoms with E-state index in [9.17, 15) is 0 Å². The predicted octanol–water partition coefficient (Wildman–Crippen LogP) is 4.85. The van der Waals surface area contributed by atoms with Crippen LogP contribution in [0.4, 0.5) is 0 Å². The van der Waals surface area contributed by atoms with Gasteiger partial charge in [0.2, 0.25) is 5.89 Å². The van der Waals surface area contributed by atoms with Gasteiger partial charge in [0.25, 0.3) is 0 Å². The van der Waals surface area contributed by atoms with E-state index in [2.05, 4.69) is 10.1 Å². The van der Waals surface area contributed by atoms with Gasteiger partial charge in [0.1, 0.15) is 0 Å². The number of oxazole rings is 1. The number of benzene rings is 2. The quantitative estimate of drug-likeness (QED) is 0.497. The fourth-order valence-electron chi connectivity index (χ4n) is 1.97. The van der Waals surface area contributed by atoms with Gasteiger partial charge in [0.15, 0.2) is 12.4 Å². The van der Waals surface area contributed by atoms with Crippen LogP contribution in [0, 0.1) is 6.92 Å². The summed E-state index contributed by atoms with van der Waals surface area (Å²) in [5.74, 6) is 1.14. The van der Waals surface area contributed by atoms with Crippen molar-refractivity contribution in [3.8, 4) is 11.3 Å². The molecule has 2 aromatic carbocycles. The number of halogens is 1. The molecule has 0 bridgehead atoms. The Morgan fingerprint density at radius 1 is 1.13 bits per heavy atom. The molecule has 4 nitrogen and oxygen atoms in total. The zero-order valence-electron chi connectivity index (χ0n) is 12.6. The highest BCUT2D eigenvalue weighted by atomic mass is 35.5. The van der Waals surface area contributed by atoms with Crippen molar-refractivity contribution in [2.45, 2.75) is 13.5 Å². The first kappa shape index (κ1) is 15.3. The van der Waals surface area contributed by atoms with Crippen molar-refractivity contribution in [1.29, 1.82) is 0 Å². The van der Waals surface area contributed by atoms with Crippen LogP contribution in [0.5, 0.6) is 0 Å². The van der Waals surface area contributed by atoms with E-state index in [0.29, 0.717) is 16.7 Å². The summed E-state index contributed by atoms with van der Waals surface area (Å²) < 4.78 is 5.62. The summed E-state index contributed by atoms with van der Waals surface area (Å²) in [6, 6.07) is 15.4. The smallest absolute Gasteiger partial charge is 0.235 e. The van der Waals surface area contributed by atoms with Crippen molar-refractivity contribution in [3.63, 3.8) is 0 Å². The lowest BCUT2D eigenvalue weighted by Crippen LogP contribution is -1.88. The Morgan fingerprint density at radius 2 is 1.87 bits per heavy atom. The molecule has 0 aliphatic carbocycles. The Balaban J connectivity index is 1.57. The largest absolute Gasteiger partial charge is 0.437 e. The SMILES string of the molecule is Cc1ccc(/C=N\OCc2ncc(-c3ccc(Cl)cc3)o2)cc1. The third kappa shape index (κ3) is 4.20. The van der Waals surface area contributed by atoms with Crippen LogP contribution in [-0.4, -0.2) is 11.2 Å². The first-order chi connectivity index (χ1) is 11.2. The number of oxime groups is 1. The molecule has 0 atom stereocenters. The summed E-state index contributed by atoms with van der Waals surface area (Å²) in [6.07, 6.45) is 3.31. The maximum Gasteiger partial charge on any atom is 0.235 e. The number of hydrogen-bond donors (Lipinski definition) is 0. The molecule has 0 radical (unpaired) electrons. The van der Waals surface area contributed by atoms with E-state index in [4.69, 9.17) is 20.9 Å². The highest BCUT2D eigenvalue weighted by molar-refractivity contribution is 6.30. The minimum atomic E-state index is 0.177. The molecule has 5 heteroatoms. The zero-order valence-corrected chi connectivity index (χ0v) is 13.3. The second kappa shape index (κ2) is 7.11. The summed E-state index contributed by atoms with van der Waals surface area (Å²) in [6.45, 7) is 2.22. The Kier molecular flexibility index (Phi) is 4.74. The molecule has 0 saturated carbocycles. The van der Waals surface area contributed by atoms with Gasteiger partial charge in [-0.25, -0.2) is 4.98 Å². The number of hydrogen-bond acceptors (Lipinski definition) is 4. The molecule has 0 spiro atoms. The van der Waals surface area contributed by atoms with Crippen molar-refractivity contribution in [2.75, 3.05) is 0 Å². The summed E-state index contributed by atoms with van der Waals surface area (Å²) in [4.78, 5) is 9.39. The third-order valence-corrected chi connectivity index (χ3v) is 3.48. The Bertz CT molecular complexity index is 793. The molecule has 1 heterocycles. The van der Waals surface area contributed by atoms with Crippen molar-refractivity contribution >= 4 is 17.8 Å². The van der Waals surface area contributed by atoms with E-state index in [1.807, 2.05) is 43.3 Å². The van der Waals surface area contributed by atoms with E-state index in [1.165, 1.54) is 5.56 Å². The van der Waals surface area contributed by atoms with Crippen LogP contribution in [0.15, 0.2) is 64.3 Å². The summed E-state index contributed by atoms with van der Waals surface area (Å²) >= 11 is 5.87. The highest BCUT2D eigenvalue weighted by Gasteiger charge is 2.06. The predicted molar refractivity (Wildman–Crippen MR) is 90.5 cm³/mol. The highest BCUT2D eigenvalue weighted by Crippen LogP contribution is 2.22. The molecule has 0 saturated heterocycles. The molecule has 1 aromatic heterocycles. The van der Waals surface area contributed by atoms with Gasteiger partial charge in [-0.15, -0.1) is 0 Å². The average molecular weight is 327 g/mol. The van der Waals surface area contributed by atoms with Crippen LogP contribution >= 0.6 is 11.6 Å². The second-order valence-corrected chi connectivity index (χ2v) is 5.48. The topological polar surface area (TPSA) is 47.6 Å². The van der Waals surface area contributed by atoms with E-state index < -0.39 is 0 Å². The van der Waals surface area contributed by atoms with Crippen LogP contribution in [-0.2, 0) is 11.4 Å². The standard InChI is InChI=1S/C18H15ClN2O2/c1-13-2-4-14(5-3-13)10-21-22-12-18-20-11-17(23-18)15-6-8-16(19)9-7-15/h2-11H,12H2,1H3/b21-10-. The molecule has 3 rings (SSSR count). The van der Waals surface area contributed by atoms with Crippen molar-refractivity contribution in [1.82, 2.24) is 4.98 Å². The molecule has 23 heavy (non-hydrogen) atoms. The lowest BCUT2D eigenvalue weighted by molar-refractivity contribution is 0.113. The van der Waals surface area contributed by atoms with E-state index in [1.54, 1.807) is 24.5 Å². The van der Waals surface area contributed by atoms with Crippen molar-refractivity contribution in [2.24, 2.45) is 5.16 Å². The minimum absolute atomic E-state index is 0.177. The van der Waals surface area contributed by atoms with Gasteiger partial charge in [0.05, 0.1) is 12.4 Å². The lowest BCUT2D eigenvalue weighted by atomic mass is 10.2. The number of nitrogens with zero attached hydrogens (tertiary/aromatic N) is 2. The number of aromatic nitrogens is 1. The van der Waals surface area contributed by atoms with Crippen molar-refractivity contribution in [3.05, 3.63) is 76.8 Å². The van der Waals surface area contributed by atoms with E-state index in [0.717, 1.165) is 11.1 Å². The van der Waals surface area contributed by atoms with Crippen LogP contribution in [0.3, 0.4) is 0 Å². The van der Waals surface area contributed by atoms with Crippen LogP contribution < -0.4 is 0 Å². The minimum Gasteiger partial charge on any atom is -0.437 e. The van der Waals surface area contributed by atoms with E-state index >= 15 is 0 Å². The molecule has 0 aliphatic heterocycles. The van der Waals surface area contributed by atoms with Crippen molar-refractivity contribution < 1.29 is 9.25 Å². The van der Waals surface area contributed by atoms with Gasteiger partial charge in [-0.1, -0.05) is 46.6 Å². The first-order valence-corrected chi connectivity index (χ1v) is 7.51. The molecule has 0 unspecified atom stereocenters. The van der Waals surface area contributed by atoms with E-state index in [-0.39, 0.29) is 6.61 Å². The van der Waals surface area contributed by atoms with Crippen LogP contribution in [0.25, 0.3) is 11.3 Å². The fraction of sp³-hybridized carbons (Fsp3) is 0.111. The van der Waals surface area contributed by atoms with Crippen LogP contribution in [0.1, 0.15) is 17.0 Å². The first-order valence-electron chi connectivity index (χ1n) is 7.13. The van der Waals surface area contributed by atoms with Gasteiger partial charge < -0.3 is 9.25 Å². The Labute approximate surface area is 139 Å². The third-order valence-electron chi connectivity index (χ3n) is 3.22. The molecule has 0 N–H and O–H groups in total. The van der Waals surface area contributed by atoms with Gasteiger partial charge in [0, 0.05) is 10.6 Å². The second-order valence-electron chi connectivity index (χ2n) is 5.04. The molecular formula is C18H15ClN2O2. The normalized spacial score (nSPS) is 11.0. The summed E-state index contributed by atoms with van der Waals surface area (Å²) in [5, 5.41) is 4.60. The maximum atomic E-state index is 5.87. The van der Waals surface area contributed by atoms with Gasteiger partial charge in [-0.2, -0.15) is 0 Å². The fourth-order valence-corrected chi connectivity index (χ4v) is 2.09. The van der Waals surface area contributed by atoms with Gasteiger partial charge in [-0.3, -0.25) is 0 Å². The molecule has 0 aliphatic rings.